The van der Waals surface area contributed by atoms with Crippen LogP contribution in [0.5, 0.6) is 11.5 Å². The molecule has 6 heteroatoms. The lowest BCUT2D eigenvalue weighted by Crippen LogP contribution is -2.46. The van der Waals surface area contributed by atoms with Crippen molar-refractivity contribution in [3.05, 3.63) is 23.8 Å². The number of phenolic OH excluding ortho intramolecular Hbond substituents is 2. The summed E-state index contributed by atoms with van der Waals surface area (Å²) < 4.78 is 0. The summed E-state index contributed by atoms with van der Waals surface area (Å²) in [5.74, 6) is -2.47. The summed E-state index contributed by atoms with van der Waals surface area (Å²) in [6, 6.07) is 3.61. The first-order valence-electron chi connectivity index (χ1n) is 7.03. The number of nitrogens with one attached hydrogen (secondary N) is 1. The monoisotopic (exact) mass is 291 g/mol. The minimum atomic E-state index is -0.894. The summed E-state index contributed by atoms with van der Waals surface area (Å²) in [7, 11) is 0. The molecule has 0 radical (unpaired) electrons. The second-order valence-corrected chi connectivity index (χ2v) is 5.87. The minimum absolute atomic E-state index is 0.107. The van der Waals surface area contributed by atoms with E-state index >= 15 is 0 Å². The van der Waals surface area contributed by atoms with Crippen LogP contribution in [0.4, 0.5) is 0 Å². The molecule has 21 heavy (non-hydrogen) atoms. The lowest BCUT2D eigenvalue weighted by Gasteiger charge is -2.29. The van der Waals surface area contributed by atoms with Crippen LogP contribution in [0, 0.1) is 17.8 Å². The van der Waals surface area contributed by atoms with E-state index in [1.54, 1.807) is 0 Å². The molecule has 1 amide bonds. The van der Waals surface area contributed by atoms with Crippen LogP contribution in [0.25, 0.3) is 0 Å². The SMILES string of the molecule is O=C(NC1C2CCC(C2)C1C(=O)O)c1c(O)cccc1O. The maximum atomic E-state index is 12.3. The summed E-state index contributed by atoms with van der Waals surface area (Å²) in [6.45, 7) is 0. The molecule has 6 nitrogen and oxygen atoms in total. The number of carboxylic acid groups (broad SMARTS) is 1. The Labute approximate surface area is 121 Å². The number of aliphatic carboxylic acids is 1. The highest BCUT2D eigenvalue weighted by Crippen LogP contribution is 2.48. The molecule has 0 saturated heterocycles. The number of amides is 1. The minimum Gasteiger partial charge on any atom is -0.507 e. The molecule has 2 fully saturated rings. The van der Waals surface area contributed by atoms with Crippen LogP contribution in [-0.4, -0.2) is 33.2 Å². The summed E-state index contributed by atoms with van der Waals surface area (Å²) in [5.41, 5.74) is -0.204. The number of aromatic hydroxyl groups is 2. The van der Waals surface area contributed by atoms with Gasteiger partial charge in [-0.3, -0.25) is 9.59 Å². The number of fused-ring (bicyclic) bond motifs is 2. The van der Waals surface area contributed by atoms with E-state index in [0.29, 0.717) is 0 Å². The van der Waals surface area contributed by atoms with Crippen molar-refractivity contribution < 1.29 is 24.9 Å². The molecule has 1 aromatic rings. The van der Waals surface area contributed by atoms with Gasteiger partial charge in [0.05, 0.1) is 5.92 Å². The highest BCUT2D eigenvalue weighted by molar-refractivity contribution is 5.99. The fourth-order valence-electron chi connectivity index (χ4n) is 3.84. The Kier molecular flexibility index (Phi) is 3.23. The van der Waals surface area contributed by atoms with Gasteiger partial charge in [0.25, 0.3) is 5.91 Å². The van der Waals surface area contributed by atoms with Crippen LogP contribution >= 0.6 is 0 Å². The van der Waals surface area contributed by atoms with Gasteiger partial charge in [-0.2, -0.15) is 0 Å². The molecule has 3 rings (SSSR count). The molecule has 2 aliphatic rings. The van der Waals surface area contributed by atoms with Crippen LogP contribution in [0.15, 0.2) is 18.2 Å². The molecular weight excluding hydrogens is 274 g/mol. The lowest BCUT2D eigenvalue weighted by atomic mass is 9.84. The number of carbonyl (C=O) groups excluding carboxylic acids is 1. The fourth-order valence-corrected chi connectivity index (χ4v) is 3.84. The number of hydrogen-bond donors (Lipinski definition) is 4. The fraction of sp³-hybridized carbons (Fsp3) is 0.467. The standard InChI is InChI=1S/C15H17NO5/c17-9-2-1-3-10(18)12(9)14(19)16-13-8-5-4-7(6-8)11(13)15(20)21/h1-3,7-8,11,13,17-18H,4-6H2,(H,16,19)(H,20,21). The smallest absolute Gasteiger partial charge is 0.308 e. The van der Waals surface area contributed by atoms with Gasteiger partial charge in [-0.15, -0.1) is 0 Å². The second-order valence-electron chi connectivity index (χ2n) is 5.87. The number of rotatable bonds is 3. The summed E-state index contributed by atoms with van der Waals surface area (Å²) in [5, 5.41) is 31.5. The van der Waals surface area contributed by atoms with Crippen molar-refractivity contribution in [2.24, 2.45) is 17.8 Å². The molecular formula is C15H17NO5. The molecule has 0 spiro atoms. The second kappa shape index (κ2) is 4.95. The molecule has 4 N–H and O–H groups in total. The van der Waals surface area contributed by atoms with Gasteiger partial charge in [-0.05, 0) is 43.2 Å². The Morgan fingerprint density at radius 3 is 2.33 bits per heavy atom. The molecule has 4 atom stereocenters. The van der Waals surface area contributed by atoms with Gasteiger partial charge in [-0.25, -0.2) is 0 Å². The molecule has 1 aromatic carbocycles. The molecule has 4 unspecified atom stereocenters. The highest BCUT2D eigenvalue weighted by Gasteiger charge is 2.51. The van der Waals surface area contributed by atoms with E-state index < -0.39 is 23.8 Å². The van der Waals surface area contributed by atoms with Gasteiger partial charge in [0, 0.05) is 6.04 Å². The van der Waals surface area contributed by atoms with E-state index in [4.69, 9.17) is 0 Å². The molecule has 2 saturated carbocycles. The number of hydrogen-bond acceptors (Lipinski definition) is 4. The lowest BCUT2D eigenvalue weighted by molar-refractivity contribution is -0.144. The maximum Gasteiger partial charge on any atom is 0.308 e. The Hall–Kier alpha value is -2.24. The average molecular weight is 291 g/mol. The Morgan fingerprint density at radius 2 is 1.71 bits per heavy atom. The Bertz CT molecular complexity index is 579. The third-order valence-corrected chi connectivity index (χ3v) is 4.75. The van der Waals surface area contributed by atoms with Crippen molar-refractivity contribution in [2.45, 2.75) is 25.3 Å². The van der Waals surface area contributed by atoms with E-state index in [9.17, 15) is 24.9 Å². The van der Waals surface area contributed by atoms with E-state index in [-0.39, 0.29) is 28.9 Å². The Morgan fingerprint density at radius 1 is 1.10 bits per heavy atom. The van der Waals surface area contributed by atoms with E-state index in [1.807, 2.05) is 0 Å². The summed E-state index contributed by atoms with van der Waals surface area (Å²) in [6.07, 6.45) is 2.61. The van der Waals surface area contributed by atoms with Gasteiger partial charge in [0.1, 0.15) is 17.1 Å². The third-order valence-electron chi connectivity index (χ3n) is 4.75. The molecule has 112 valence electrons. The largest absolute Gasteiger partial charge is 0.507 e. The van der Waals surface area contributed by atoms with Crippen LogP contribution < -0.4 is 5.32 Å². The molecule has 0 heterocycles. The zero-order chi connectivity index (χ0) is 15.1. The van der Waals surface area contributed by atoms with Crippen molar-refractivity contribution in [1.82, 2.24) is 5.32 Å². The summed E-state index contributed by atoms with van der Waals surface area (Å²) in [4.78, 5) is 23.7. The predicted molar refractivity (Wildman–Crippen MR) is 73.0 cm³/mol. The molecule has 2 bridgehead atoms. The zero-order valence-corrected chi connectivity index (χ0v) is 11.3. The molecule has 0 aromatic heterocycles. The van der Waals surface area contributed by atoms with Crippen LogP contribution in [0.1, 0.15) is 29.6 Å². The normalized spacial score (nSPS) is 30.3. The van der Waals surface area contributed by atoms with Crippen molar-refractivity contribution in [2.75, 3.05) is 0 Å². The molecule has 0 aliphatic heterocycles. The first-order chi connectivity index (χ1) is 9.99. The van der Waals surface area contributed by atoms with Gasteiger partial charge in [0.15, 0.2) is 0 Å². The van der Waals surface area contributed by atoms with Crippen molar-refractivity contribution in [3.8, 4) is 11.5 Å². The topological polar surface area (TPSA) is 107 Å². The number of carbonyl (C=O) groups is 2. The van der Waals surface area contributed by atoms with Gasteiger partial charge in [0.2, 0.25) is 0 Å². The first-order valence-corrected chi connectivity index (χ1v) is 7.03. The van der Waals surface area contributed by atoms with Crippen LogP contribution in [0.3, 0.4) is 0 Å². The van der Waals surface area contributed by atoms with Crippen molar-refractivity contribution >= 4 is 11.9 Å². The molecule has 2 aliphatic carbocycles. The zero-order valence-electron chi connectivity index (χ0n) is 11.3. The first kappa shape index (κ1) is 13.7. The average Bonchev–Trinajstić information content (AvgIpc) is 2.98. The Balaban J connectivity index is 1.83. The highest BCUT2D eigenvalue weighted by atomic mass is 16.4. The quantitative estimate of drug-likeness (QED) is 0.672. The number of carboxylic acids is 1. The number of phenols is 2. The maximum absolute atomic E-state index is 12.3. The van der Waals surface area contributed by atoms with Crippen LogP contribution in [-0.2, 0) is 4.79 Å². The van der Waals surface area contributed by atoms with Gasteiger partial charge >= 0.3 is 5.97 Å². The third kappa shape index (κ3) is 2.20. The number of benzene rings is 1. The van der Waals surface area contributed by atoms with Crippen molar-refractivity contribution in [3.63, 3.8) is 0 Å². The van der Waals surface area contributed by atoms with Gasteiger partial charge < -0.3 is 20.6 Å². The van der Waals surface area contributed by atoms with E-state index in [2.05, 4.69) is 5.32 Å². The van der Waals surface area contributed by atoms with Crippen molar-refractivity contribution in [1.29, 1.82) is 0 Å². The summed E-state index contributed by atoms with van der Waals surface area (Å²) >= 11 is 0. The van der Waals surface area contributed by atoms with E-state index in [0.717, 1.165) is 19.3 Å². The predicted octanol–water partition coefficient (Wildman–Crippen LogP) is 1.33. The van der Waals surface area contributed by atoms with Crippen LogP contribution in [0.2, 0.25) is 0 Å². The van der Waals surface area contributed by atoms with E-state index in [1.165, 1.54) is 18.2 Å². The van der Waals surface area contributed by atoms with Gasteiger partial charge in [-0.1, -0.05) is 6.07 Å².